The van der Waals surface area contributed by atoms with Crippen LogP contribution in [0.3, 0.4) is 0 Å². The number of urea groups is 1. The minimum atomic E-state index is -4.54. The molecule has 3 heterocycles. The van der Waals surface area contributed by atoms with Gasteiger partial charge in [0.15, 0.2) is 0 Å². The van der Waals surface area contributed by atoms with Crippen LogP contribution < -0.4 is 10.6 Å². The highest BCUT2D eigenvalue weighted by atomic mass is 19.4. The Labute approximate surface area is 274 Å². The smallest absolute Gasteiger partial charge is 0.351 e. The van der Waals surface area contributed by atoms with Gasteiger partial charge >= 0.3 is 18.3 Å². The number of halogens is 3. The van der Waals surface area contributed by atoms with Crippen LogP contribution in [0.15, 0.2) is 42.5 Å². The van der Waals surface area contributed by atoms with Crippen LogP contribution in [0.2, 0.25) is 0 Å². The van der Waals surface area contributed by atoms with Crippen molar-refractivity contribution in [3.63, 3.8) is 0 Å². The average Bonchev–Trinajstić information content (AvgIpc) is 3.22. The number of likely N-dealkylation sites (tertiary alicyclic amines) is 1. The van der Waals surface area contributed by atoms with Crippen molar-refractivity contribution in [2.24, 2.45) is 0 Å². The number of fused-ring (bicyclic) bond motifs is 1. The number of carbonyl (C=O) groups is 3. The molecule has 47 heavy (non-hydrogen) atoms. The Bertz CT molecular complexity index is 1420. The molecule has 5 rings (SSSR count). The van der Waals surface area contributed by atoms with Crippen molar-refractivity contribution in [1.82, 2.24) is 25.1 Å². The molecule has 2 saturated heterocycles. The van der Waals surface area contributed by atoms with E-state index < -0.39 is 23.9 Å². The molecule has 256 valence electrons. The summed E-state index contributed by atoms with van der Waals surface area (Å²) in [6.07, 6.45) is -1.83. The quantitative estimate of drug-likeness (QED) is 0.418. The van der Waals surface area contributed by atoms with E-state index in [0.29, 0.717) is 57.2 Å². The van der Waals surface area contributed by atoms with E-state index in [4.69, 9.17) is 4.84 Å². The molecule has 2 aromatic rings. The van der Waals surface area contributed by atoms with Gasteiger partial charge in [-0.15, -0.1) is 5.06 Å². The molecular weight excluding hydrogens is 613 g/mol. The van der Waals surface area contributed by atoms with Gasteiger partial charge in [0.1, 0.15) is 6.04 Å². The summed E-state index contributed by atoms with van der Waals surface area (Å²) in [6, 6.07) is 10.9. The molecule has 1 atom stereocenters. The number of aryl methyl sites for hydroxylation is 1. The third-order valence-electron chi connectivity index (χ3n) is 9.62. The molecule has 0 unspecified atom stereocenters. The maximum absolute atomic E-state index is 13.8. The second-order valence-electron chi connectivity index (χ2n) is 12.8. The van der Waals surface area contributed by atoms with Gasteiger partial charge in [0.2, 0.25) is 5.91 Å². The maximum Gasteiger partial charge on any atom is 0.426 e. The first-order valence-corrected chi connectivity index (χ1v) is 16.5. The summed E-state index contributed by atoms with van der Waals surface area (Å²) < 4.78 is 41.5. The Morgan fingerprint density at radius 3 is 2.38 bits per heavy atom. The Balaban J connectivity index is 1.22. The second-order valence-corrected chi connectivity index (χ2v) is 12.8. The van der Waals surface area contributed by atoms with Crippen molar-refractivity contribution in [3.05, 3.63) is 64.7 Å². The van der Waals surface area contributed by atoms with E-state index in [2.05, 4.69) is 15.5 Å². The number of nitrogens with zero attached hydrogens (tertiary/aromatic N) is 4. The highest BCUT2D eigenvalue weighted by molar-refractivity contribution is 5.91. The van der Waals surface area contributed by atoms with E-state index >= 15 is 0 Å². The van der Waals surface area contributed by atoms with Gasteiger partial charge < -0.3 is 30.2 Å². The minimum Gasteiger partial charge on any atom is -0.351 e. The summed E-state index contributed by atoms with van der Waals surface area (Å²) in [5, 5.41) is 7.18. The van der Waals surface area contributed by atoms with Crippen LogP contribution in [-0.4, -0.2) is 103 Å². The number of hydrogen-bond acceptors (Lipinski definition) is 6. The molecule has 0 aliphatic carbocycles. The normalized spacial score (nSPS) is 19.2. The fourth-order valence-corrected chi connectivity index (χ4v) is 6.85. The fraction of sp³-hybridized carbons (Fsp3) is 0.559. The molecular formula is C34H45F3N6O4. The third-order valence-corrected chi connectivity index (χ3v) is 9.62. The van der Waals surface area contributed by atoms with Crippen molar-refractivity contribution >= 4 is 23.7 Å². The fourth-order valence-electron chi connectivity index (χ4n) is 6.85. The first-order chi connectivity index (χ1) is 22.4. The highest BCUT2D eigenvalue weighted by Gasteiger charge is 2.36. The zero-order valence-electron chi connectivity index (χ0n) is 27.3. The van der Waals surface area contributed by atoms with Gasteiger partial charge in [0, 0.05) is 56.9 Å². The van der Waals surface area contributed by atoms with Crippen LogP contribution in [0.25, 0.3) is 0 Å². The lowest BCUT2D eigenvalue weighted by molar-refractivity contribution is -0.138. The molecule has 3 aliphatic heterocycles. The van der Waals surface area contributed by atoms with Crippen LogP contribution in [0.5, 0.6) is 0 Å². The zero-order chi connectivity index (χ0) is 33.7. The number of rotatable bonds is 8. The number of benzene rings is 2. The van der Waals surface area contributed by atoms with Crippen LogP contribution in [0.4, 0.5) is 28.4 Å². The van der Waals surface area contributed by atoms with E-state index in [-0.39, 0.29) is 36.4 Å². The van der Waals surface area contributed by atoms with Gasteiger partial charge in [-0.3, -0.25) is 4.79 Å². The molecule has 2 N–H and O–H groups in total. The highest BCUT2D eigenvalue weighted by Crippen LogP contribution is 2.33. The number of hydroxylamine groups is 2. The van der Waals surface area contributed by atoms with Crippen molar-refractivity contribution in [3.8, 4) is 0 Å². The van der Waals surface area contributed by atoms with Crippen molar-refractivity contribution < 1.29 is 32.4 Å². The summed E-state index contributed by atoms with van der Waals surface area (Å²) >= 11 is 0. The third kappa shape index (κ3) is 8.55. The molecule has 10 nitrogen and oxygen atoms in total. The Kier molecular flexibility index (Phi) is 11.0. The minimum absolute atomic E-state index is 0.0273. The standard InChI is InChI=1S/C34H45F3N6O4/c1-4-24-10-9-23(21-28(24)34(35,36)37)22-30(31(44)41-16-12-26(13-17-41)40(2)3)39-33(46)47-42-18-14-27(15-19-42)43-20-11-25-7-5-6-8-29(25)38-32(43)45/h5-10,21,26-27,30H,4,11-20,22H2,1-3H3,(H,38,45)(H,39,46)/t30-/m1/s1. The number of para-hydroxylation sites is 1. The van der Waals surface area contributed by atoms with Crippen LogP contribution in [0, 0.1) is 0 Å². The first kappa shape index (κ1) is 34.5. The molecule has 4 amide bonds. The number of carbonyl (C=O) groups excluding carboxylic acids is 3. The summed E-state index contributed by atoms with van der Waals surface area (Å²) in [6.45, 7) is 3.99. The lowest BCUT2D eigenvalue weighted by atomic mass is 9.96. The summed E-state index contributed by atoms with van der Waals surface area (Å²) in [7, 11) is 3.98. The Morgan fingerprint density at radius 1 is 1.02 bits per heavy atom. The van der Waals surface area contributed by atoms with Gasteiger partial charge in [-0.25, -0.2) is 9.59 Å². The monoisotopic (exact) mass is 658 g/mol. The van der Waals surface area contributed by atoms with E-state index in [9.17, 15) is 27.6 Å². The molecule has 0 bridgehead atoms. The van der Waals surface area contributed by atoms with Crippen molar-refractivity contribution in [2.45, 2.75) is 76.2 Å². The van der Waals surface area contributed by atoms with Gasteiger partial charge in [-0.05, 0) is 81.4 Å². The van der Waals surface area contributed by atoms with Gasteiger partial charge in [0.25, 0.3) is 0 Å². The average molecular weight is 659 g/mol. The zero-order valence-corrected chi connectivity index (χ0v) is 27.3. The van der Waals surface area contributed by atoms with Crippen LogP contribution in [-0.2, 0) is 35.1 Å². The molecule has 0 radical (unpaired) electrons. The molecule has 2 fully saturated rings. The number of alkyl halides is 3. The van der Waals surface area contributed by atoms with Gasteiger partial charge in [0.05, 0.1) is 5.56 Å². The Hall–Kier alpha value is -3.84. The van der Waals surface area contributed by atoms with E-state index in [1.165, 1.54) is 11.1 Å². The molecule has 0 saturated carbocycles. The molecule has 0 spiro atoms. The largest absolute Gasteiger partial charge is 0.426 e. The predicted octanol–water partition coefficient (Wildman–Crippen LogP) is 4.93. The van der Waals surface area contributed by atoms with Crippen molar-refractivity contribution in [1.29, 1.82) is 0 Å². The van der Waals surface area contributed by atoms with Gasteiger partial charge in [-0.2, -0.15) is 13.2 Å². The lowest BCUT2D eigenvalue weighted by Gasteiger charge is -2.38. The number of anilines is 1. The molecule has 3 aliphatic rings. The van der Waals surface area contributed by atoms with Crippen molar-refractivity contribution in [2.75, 3.05) is 52.1 Å². The van der Waals surface area contributed by atoms with E-state index in [1.54, 1.807) is 17.9 Å². The first-order valence-electron chi connectivity index (χ1n) is 16.5. The summed E-state index contributed by atoms with van der Waals surface area (Å²) in [4.78, 5) is 51.1. The summed E-state index contributed by atoms with van der Waals surface area (Å²) in [5.41, 5.74) is 1.65. The molecule has 13 heteroatoms. The predicted molar refractivity (Wildman–Crippen MR) is 172 cm³/mol. The van der Waals surface area contributed by atoms with Gasteiger partial charge in [-0.1, -0.05) is 37.3 Å². The molecule has 0 aromatic heterocycles. The maximum atomic E-state index is 13.8. The number of nitrogens with one attached hydrogen (secondary N) is 2. The van der Waals surface area contributed by atoms with E-state index in [0.717, 1.165) is 36.6 Å². The van der Waals surface area contributed by atoms with Crippen LogP contribution >= 0.6 is 0 Å². The topological polar surface area (TPSA) is 97.5 Å². The number of piperidine rings is 2. The Morgan fingerprint density at radius 2 is 1.72 bits per heavy atom. The lowest BCUT2D eigenvalue weighted by Crippen LogP contribution is -2.54. The second kappa shape index (κ2) is 14.9. The number of hydrogen-bond donors (Lipinski definition) is 2. The van der Waals surface area contributed by atoms with Crippen LogP contribution in [0.1, 0.15) is 54.9 Å². The van der Waals surface area contributed by atoms with E-state index in [1.807, 2.05) is 43.3 Å². The molecule has 2 aromatic carbocycles. The number of amides is 4. The summed E-state index contributed by atoms with van der Waals surface area (Å²) in [5.74, 6) is -0.348. The SMILES string of the molecule is CCc1ccc(C[C@@H](NC(=O)ON2CCC(N3CCc4ccccc4NC3=O)CC2)C(=O)N2CCC(N(C)C)CC2)cc1C(F)(F)F.